The lowest BCUT2D eigenvalue weighted by Gasteiger charge is -2.42. The van der Waals surface area contributed by atoms with Crippen LogP contribution in [-0.2, 0) is 12.7 Å². The average molecular weight is 583 g/mol. The molecule has 0 radical (unpaired) electrons. The molecule has 3 aromatic carbocycles. The van der Waals surface area contributed by atoms with Gasteiger partial charge in [-0.3, -0.25) is 5.41 Å². The van der Waals surface area contributed by atoms with Crippen LogP contribution in [0.3, 0.4) is 0 Å². The number of rotatable bonds is 9. The zero-order valence-corrected chi connectivity index (χ0v) is 23.9. The molecule has 1 atom stereocenters. The summed E-state index contributed by atoms with van der Waals surface area (Å²) in [6.45, 7) is 7.16. The van der Waals surface area contributed by atoms with Gasteiger partial charge in [0.2, 0.25) is 0 Å². The van der Waals surface area contributed by atoms with Gasteiger partial charge in [0.05, 0.1) is 11.6 Å². The Morgan fingerprint density at radius 3 is 2.19 bits per heavy atom. The molecular formula is C33H35F5N4. The van der Waals surface area contributed by atoms with Crippen LogP contribution in [0.25, 0.3) is 11.1 Å². The van der Waals surface area contributed by atoms with Gasteiger partial charge in [-0.25, -0.2) is 8.78 Å². The molecule has 0 aliphatic heterocycles. The molecule has 0 unspecified atom stereocenters. The van der Waals surface area contributed by atoms with Gasteiger partial charge in [-0.15, -0.1) is 0 Å². The molecule has 0 saturated heterocycles. The van der Waals surface area contributed by atoms with Crippen molar-refractivity contribution in [3.05, 3.63) is 119 Å². The lowest BCUT2D eigenvalue weighted by molar-refractivity contribution is -0.137. The van der Waals surface area contributed by atoms with E-state index in [9.17, 15) is 22.0 Å². The first-order chi connectivity index (χ1) is 19.8. The number of hydrogen-bond acceptors (Lipinski definition) is 2. The maximum atomic E-state index is 14.9. The Morgan fingerprint density at radius 1 is 0.929 bits per heavy atom. The molecule has 1 aromatic heterocycles. The number of aromatic nitrogens is 1. The quantitative estimate of drug-likeness (QED) is 0.119. The summed E-state index contributed by atoms with van der Waals surface area (Å²) in [6, 6.07) is 18.9. The van der Waals surface area contributed by atoms with E-state index in [1.807, 2.05) is 66.6 Å². The minimum absolute atomic E-state index is 0.0445. The summed E-state index contributed by atoms with van der Waals surface area (Å²) >= 11 is 0. The van der Waals surface area contributed by atoms with Crippen LogP contribution in [0, 0.1) is 22.5 Å². The van der Waals surface area contributed by atoms with E-state index in [0.29, 0.717) is 37.2 Å². The van der Waals surface area contributed by atoms with Gasteiger partial charge < -0.3 is 15.2 Å². The van der Waals surface area contributed by atoms with Gasteiger partial charge in [0.1, 0.15) is 17.5 Å². The monoisotopic (exact) mass is 582 g/mol. The maximum absolute atomic E-state index is 14.9. The van der Waals surface area contributed by atoms with Crippen LogP contribution in [0.1, 0.15) is 55.6 Å². The normalized spacial score (nSPS) is 12.8. The highest BCUT2D eigenvalue weighted by atomic mass is 19.4. The first-order valence-corrected chi connectivity index (χ1v) is 13.7. The molecule has 0 fully saturated rings. The lowest BCUT2D eigenvalue weighted by atomic mass is 9.82. The van der Waals surface area contributed by atoms with E-state index >= 15 is 0 Å². The van der Waals surface area contributed by atoms with Crippen LogP contribution in [0.15, 0.2) is 85.1 Å². The number of hydrogen-bond donors (Lipinski definition) is 2. The predicted octanol–water partition coefficient (Wildman–Crippen LogP) is 8.26. The SMILES string of the molecule is CC(C)(C)[C@H](c1cc(-c2cc(F)ccc2F)cn1Cc1ccccc1)N(CCCN)C(=N)c1ccc(C(F)(F)F)cc1. The zero-order chi connectivity index (χ0) is 30.7. The second-order valence-corrected chi connectivity index (χ2v) is 11.4. The van der Waals surface area contributed by atoms with Crippen LogP contribution >= 0.6 is 0 Å². The number of halogens is 5. The van der Waals surface area contributed by atoms with Crippen molar-refractivity contribution < 1.29 is 22.0 Å². The third kappa shape index (κ3) is 7.07. The van der Waals surface area contributed by atoms with Gasteiger partial charge >= 0.3 is 6.18 Å². The number of nitrogens with one attached hydrogen (secondary N) is 1. The number of alkyl halides is 3. The number of benzene rings is 3. The van der Waals surface area contributed by atoms with Gasteiger partial charge in [0, 0.05) is 41.7 Å². The molecule has 3 N–H and O–H groups in total. The Morgan fingerprint density at radius 2 is 1.60 bits per heavy atom. The van der Waals surface area contributed by atoms with Crippen LogP contribution in [0.4, 0.5) is 22.0 Å². The molecule has 9 heteroatoms. The van der Waals surface area contributed by atoms with Crippen molar-refractivity contribution in [2.45, 2.75) is 46.0 Å². The van der Waals surface area contributed by atoms with Crippen LogP contribution in [0.5, 0.6) is 0 Å². The van der Waals surface area contributed by atoms with Crippen molar-refractivity contribution in [1.82, 2.24) is 9.47 Å². The molecule has 1 heterocycles. The highest BCUT2D eigenvalue weighted by Gasteiger charge is 2.37. The molecule has 0 aliphatic rings. The minimum atomic E-state index is -4.49. The Kier molecular flexibility index (Phi) is 9.21. The van der Waals surface area contributed by atoms with Crippen molar-refractivity contribution in [2.24, 2.45) is 11.1 Å². The fourth-order valence-electron chi connectivity index (χ4n) is 5.23. The Labute approximate surface area is 243 Å². The van der Waals surface area contributed by atoms with Gasteiger partial charge in [-0.05, 0) is 60.3 Å². The number of nitrogens with zero attached hydrogens (tertiary/aromatic N) is 2. The van der Waals surface area contributed by atoms with Crippen molar-refractivity contribution in [3.8, 4) is 11.1 Å². The smallest absolute Gasteiger partial charge is 0.347 e. The fourth-order valence-corrected chi connectivity index (χ4v) is 5.23. The first-order valence-electron chi connectivity index (χ1n) is 13.7. The van der Waals surface area contributed by atoms with E-state index in [4.69, 9.17) is 11.1 Å². The number of nitrogens with two attached hydrogens (primary N) is 1. The Bertz CT molecular complexity index is 1500. The lowest BCUT2D eigenvalue weighted by Crippen LogP contribution is -2.43. The summed E-state index contributed by atoms with van der Waals surface area (Å²) in [6.07, 6.45) is -2.18. The summed E-state index contributed by atoms with van der Waals surface area (Å²) < 4.78 is 70.8. The zero-order valence-electron chi connectivity index (χ0n) is 23.9. The largest absolute Gasteiger partial charge is 0.416 e. The van der Waals surface area contributed by atoms with Gasteiger partial charge in [-0.2, -0.15) is 13.2 Å². The van der Waals surface area contributed by atoms with E-state index in [0.717, 1.165) is 41.6 Å². The number of amidine groups is 1. The Hall–Kier alpha value is -3.98. The summed E-state index contributed by atoms with van der Waals surface area (Å²) in [7, 11) is 0. The second-order valence-electron chi connectivity index (χ2n) is 11.4. The topological polar surface area (TPSA) is 58.0 Å². The van der Waals surface area contributed by atoms with Crippen LogP contribution in [0.2, 0.25) is 0 Å². The van der Waals surface area contributed by atoms with Crippen molar-refractivity contribution in [2.75, 3.05) is 13.1 Å². The van der Waals surface area contributed by atoms with E-state index < -0.39 is 34.8 Å². The van der Waals surface area contributed by atoms with Crippen molar-refractivity contribution in [3.63, 3.8) is 0 Å². The highest BCUT2D eigenvalue weighted by Crippen LogP contribution is 2.42. The van der Waals surface area contributed by atoms with Crippen molar-refractivity contribution in [1.29, 1.82) is 5.41 Å². The van der Waals surface area contributed by atoms with E-state index in [2.05, 4.69) is 0 Å². The summed E-state index contributed by atoms with van der Waals surface area (Å²) in [5.74, 6) is -1.09. The molecule has 0 bridgehead atoms. The van der Waals surface area contributed by atoms with Gasteiger partial charge in [0.25, 0.3) is 0 Å². The summed E-state index contributed by atoms with van der Waals surface area (Å²) in [4.78, 5) is 1.85. The molecule has 0 amide bonds. The molecule has 0 aliphatic carbocycles. The molecule has 4 rings (SSSR count). The fraction of sp³-hybridized carbons (Fsp3) is 0.303. The van der Waals surface area contributed by atoms with Gasteiger partial charge in [0.15, 0.2) is 0 Å². The maximum Gasteiger partial charge on any atom is 0.416 e. The Balaban J connectivity index is 1.87. The van der Waals surface area contributed by atoms with E-state index in [1.165, 1.54) is 12.1 Å². The first kappa shape index (κ1) is 31.0. The molecule has 4 nitrogen and oxygen atoms in total. The molecule has 0 spiro atoms. The van der Waals surface area contributed by atoms with Crippen LogP contribution < -0.4 is 5.73 Å². The molecule has 42 heavy (non-hydrogen) atoms. The summed E-state index contributed by atoms with van der Waals surface area (Å²) in [5.41, 5.74) is 7.23. The van der Waals surface area contributed by atoms with Crippen molar-refractivity contribution >= 4 is 5.84 Å². The standard InChI is InChI=1S/C33H35F5N4/c1-32(2,3)30(42(17-7-16-39)31(40)23-10-12-25(13-11-23)33(36,37)38)29-18-24(27-19-26(34)14-15-28(27)35)21-41(29)20-22-8-5-4-6-9-22/h4-6,8-15,18-19,21,30,40H,7,16-17,20,39H2,1-3H3/t30-/m0/s1. The summed E-state index contributed by atoms with van der Waals surface area (Å²) in [5, 5.41) is 9.16. The molecule has 222 valence electrons. The second kappa shape index (κ2) is 12.5. The van der Waals surface area contributed by atoms with E-state index in [-0.39, 0.29) is 11.4 Å². The highest BCUT2D eigenvalue weighted by molar-refractivity contribution is 5.96. The predicted molar refractivity (Wildman–Crippen MR) is 156 cm³/mol. The molecular weight excluding hydrogens is 547 g/mol. The van der Waals surface area contributed by atoms with Crippen LogP contribution in [-0.4, -0.2) is 28.4 Å². The van der Waals surface area contributed by atoms with E-state index in [1.54, 1.807) is 6.20 Å². The van der Waals surface area contributed by atoms with Gasteiger partial charge in [-0.1, -0.05) is 63.2 Å². The average Bonchev–Trinajstić information content (AvgIpc) is 3.33. The molecule has 4 aromatic rings. The third-order valence-corrected chi connectivity index (χ3v) is 7.15. The molecule has 0 saturated carbocycles. The third-order valence-electron chi connectivity index (χ3n) is 7.15. The minimum Gasteiger partial charge on any atom is -0.347 e.